The average Bonchev–Trinajstić information content (AvgIpc) is 2.35. The molecule has 0 radical (unpaired) electrons. The van der Waals surface area contributed by atoms with Gasteiger partial charge in [0.05, 0.1) is 5.02 Å². The molecule has 0 aliphatic rings. The second-order valence-electron chi connectivity index (χ2n) is 3.98. The van der Waals surface area contributed by atoms with Gasteiger partial charge in [0.15, 0.2) is 0 Å². The monoisotopic (exact) mass is 273 g/mol. The molecular formula is C12H20ClN3S. The maximum Gasteiger partial charge on any atom is 0.147 e. The van der Waals surface area contributed by atoms with Gasteiger partial charge >= 0.3 is 0 Å². The van der Waals surface area contributed by atoms with E-state index in [4.69, 9.17) is 17.3 Å². The van der Waals surface area contributed by atoms with E-state index in [0.717, 1.165) is 23.6 Å². The molecule has 17 heavy (non-hydrogen) atoms. The number of pyridine rings is 1. The number of anilines is 1. The van der Waals surface area contributed by atoms with Gasteiger partial charge in [-0.1, -0.05) is 18.5 Å². The first-order chi connectivity index (χ1) is 8.13. The van der Waals surface area contributed by atoms with Crippen molar-refractivity contribution in [3.05, 3.63) is 22.8 Å². The predicted octanol–water partition coefficient (Wildman–Crippen LogP) is 2.77. The molecule has 0 aromatic carbocycles. The molecule has 96 valence electrons. The molecule has 1 aromatic heterocycles. The fraction of sp³-hybridized carbons (Fsp3) is 0.583. The molecular weight excluding hydrogens is 254 g/mol. The minimum Gasteiger partial charge on any atom is -0.355 e. The van der Waals surface area contributed by atoms with Crippen molar-refractivity contribution in [2.45, 2.75) is 25.9 Å². The number of hydrogen-bond acceptors (Lipinski definition) is 4. The first-order valence-corrected chi connectivity index (χ1v) is 7.47. The van der Waals surface area contributed by atoms with Crippen LogP contribution in [0.25, 0.3) is 0 Å². The molecule has 0 spiro atoms. The Hall–Kier alpha value is -0.450. The minimum absolute atomic E-state index is 0.457. The first kappa shape index (κ1) is 14.6. The van der Waals surface area contributed by atoms with E-state index in [1.807, 2.05) is 24.9 Å². The van der Waals surface area contributed by atoms with Crippen LogP contribution in [0, 0.1) is 0 Å². The molecule has 0 aliphatic heterocycles. The lowest BCUT2D eigenvalue weighted by molar-refractivity contribution is 0.666. The maximum absolute atomic E-state index is 6.24. The second-order valence-corrected chi connectivity index (χ2v) is 5.30. The standard InChI is InChI=1S/C12H20ClN3S/c1-4-10(8-17-3)16(2)12-11(13)5-9(6-14)7-15-12/h5,7,10H,4,6,8,14H2,1-3H3. The third kappa shape index (κ3) is 3.76. The van der Waals surface area contributed by atoms with Crippen LogP contribution >= 0.6 is 23.4 Å². The number of rotatable bonds is 6. The zero-order valence-electron chi connectivity index (χ0n) is 10.6. The average molecular weight is 274 g/mol. The van der Waals surface area contributed by atoms with Crippen LogP contribution in [0.3, 0.4) is 0 Å². The van der Waals surface area contributed by atoms with E-state index in [9.17, 15) is 0 Å². The van der Waals surface area contributed by atoms with Gasteiger partial charge in [-0.25, -0.2) is 4.98 Å². The largest absolute Gasteiger partial charge is 0.355 e. The van der Waals surface area contributed by atoms with E-state index in [0.29, 0.717) is 17.6 Å². The highest BCUT2D eigenvalue weighted by Gasteiger charge is 2.16. The Morgan fingerprint density at radius 1 is 1.59 bits per heavy atom. The lowest BCUT2D eigenvalue weighted by atomic mass is 10.2. The molecule has 1 unspecified atom stereocenters. The highest BCUT2D eigenvalue weighted by molar-refractivity contribution is 7.98. The number of nitrogens with two attached hydrogens (primary N) is 1. The molecule has 1 aromatic rings. The molecule has 0 amide bonds. The van der Waals surface area contributed by atoms with Crippen LogP contribution in [0.15, 0.2) is 12.3 Å². The molecule has 1 atom stereocenters. The summed E-state index contributed by atoms with van der Waals surface area (Å²) in [5, 5.41) is 0.676. The lowest BCUT2D eigenvalue weighted by Gasteiger charge is -2.28. The smallest absolute Gasteiger partial charge is 0.147 e. The highest BCUT2D eigenvalue weighted by atomic mass is 35.5. The zero-order chi connectivity index (χ0) is 12.8. The third-order valence-corrected chi connectivity index (χ3v) is 3.82. The molecule has 0 bridgehead atoms. The zero-order valence-corrected chi connectivity index (χ0v) is 12.2. The molecule has 0 saturated heterocycles. The van der Waals surface area contributed by atoms with Gasteiger partial charge in [-0.15, -0.1) is 0 Å². The van der Waals surface area contributed by atoms with Crippen molar-refractivity contribution < 1.29 is 0 Å². The van der Waals surface area contributed by atoms with Gasteiger partial charge in [-0.2, -0.15) is 11.8 Å². The summed E-state index contributed by atoms with van der Waals surface area (Å²) in [4.78, 5) is 6.56. The van der Waals surface area contributed by atoms with Crippen LogP contribution in [0.4, 0.5) is 5.82 Å². The summed E-state index contributed by atoms with van der Waals surface area (Å²) in [6.45, 7) is 2.65. The van der Waals surface area contributed by atoms with E-state index in [1.54, 1.807) is 6.20 Å². The fourth-order valence-electron chi connectivity index (χ4n) is 1.71. The van der Waals surface area contributed by atoms with Gasteiger partial charge < -0.3 is 10.6 Å². The number of nitrogens with zero attached hydrogens (tertiary/aromatic N) is 2. The summed E-state index contributed by atoms with van der Waals surface area (Å²) >= 11 is 8.08. The quantitative estimate of drug-likeness (QED) is 0.865. The van der Waals surface area contributed by atoms with Crippen molar-refractivity contribution in [2.75, 3.05) is 24.0 Å². The molecule has 1 heterocycles. The van der Waals surface area contributed by atoms with Gasteiger partial charge in [0.1, 0.15) is 5.82 Å². The van der Waals surface area contributed by atoms with Crippen molar-refractivity contribution in [1.82, 2.24) is 4.98 Å². The Morgan fingerprint density at radius 3 is 2.76 bits per heavy atom. The fourth-order valence-corrected chi connectivity index (χ4v) is 2.88. The van der Waals surface area contributed by atoms with E-state index in [1.165, 1.54) is 0 Å². The van der Waals surface area contributed by atoms with E-state index < -0.39 is 0 Å². The second kappa shape index (κ2) is 7.09. The Labute approximate surface area is 113 Å². The summed E-state index contributed by atoms with van der Waals surface area (Å²) in [5.74, 6) is 1.91. The summed E-state index contributed by atoms with van der Waals surface area (Å²) in [7, 11) is 2.04. The molecule has 0 fully saturated rings. The van der Waals surface area contributed by atoms with Gasteiger partial charge in [-0.3, -0.25) is 0 Å². The SMILES string of the molecule is CCC(CSC)N(C)c1ncc(CN)cc1Cl. The van der Waals surface area contributed by atoms with Gasteiger partial charge in [0, 0.05) is 31.6 Å². The van der Waals surface area contributed by atoms with Crippen LogP contribution in [0.1, 0.15) is 18.9 Å². The predicted molar refractivity (Wildman–Crippen MR) is 78.0 cm³/mol. The van der Waals surface area contributed by atoms with E-state index >= 15 is 0 Å². The van der Waals surface area contributed by atoms with Crippen LogP contribution in [-0.4, -0.2) is 30.1 Å². The Balaban J connectivity index is 2.90. The Bertz CT molecular complexity index is 360. The van der Waals surface area contributed by atoms with Crippen molar-refractivity contribution in [3.8, 4) is 0 Å². The van der Waals surface area contributed by atoms with Crippen LogP contribution in [0.5, 0.6) is 0 Å². The Morgan fingerprint density at radius 2 is 2.29 bits per heavy atom. The van der Waals surface area contributed by atoms with Crippen LogP contribution in [-0.2, 0) is 6.54 Å². The maximum atomic E-state index is 6.24. The normalized spacial score (nSPS) is 12.5. The number of aromatic nitrogens is 1. The molecule has 1 rings (SSSR count). The van der Waals surface area contributed by atoms with Crippen molar-refractivity contribution in [3.63, 3.8) is 0 Å². The lowest BCUT2D eigenvalue weighted by Crippen LogP contribution is -2.34. The molecule has 0 saturated carbocycles. The number of hydrogen-bond donors (Lipinski definition) is 1. The molecule has 3 nitrogen and oxygen atoms in total. The summed E-state index contributed by atoms with van der Waals surface area (Å²) in [6, 6.07) is 2.35. The molecule has 0 aliphatic carbocycles. The van der Waals surface area contributed by atoms with Gasteiger partial charge in [0.2, 0.25) is 0 Å². The summed E-state index contributed by atoms with van der Waals surface area (Å²) in [6.07, 6.45) is 4.99. The first-order valence-electron chi connectivity index (χ1n) is 5.70. The summed E-state index contributed by atoms with van der Waals surface area (Å²) in [5.41, 5.74) is 6.53. The molecule has 5 heteroatoms. The topological polar surface area (TPSA) is 42.2 Å². The van der Waals surface area contributed by atoms with E-state index in [2.05, 4.69) is 23.1 Å². The van der Waals surface area contributed by atoms with Gasteiger partial charge in [-0.05, 0) is 24.3 Å². The van der Waals surface area contributed by atoms with Gasteiger partial charge in [0.25, 0.3) is 0 Å². The van der Waals surface area contributed by atoms with Crippen molar-refractivity contribution in [1.29, 1.82) is 0 Å². The molecule has 2 N–H and O–H groups in total. The summed E-state index contributed by atoms with van der Waals surface area (Å²) < 4.78 is 0. The van der Waals surface area contributed by atoms with E-state index in [-0.39, 0.29) is 0 Å². The minimum atomic E-state index is 0.457. The Kier molecular flexibility index (Phi) is 6.09. The van der Waals surface area contributed by atoms with Crippen LogP contribution in [0.2, 0.25) is 5.02 Å². The van der Waals surface area contributed by atoms with Crippen molar-refractivity contribution in [2.24, 2.45) is 5.73 Å². The highest BCUT2D eigenvalue weighted by Crippen LogP contribution is 2.26. The third-order valence-electron chi connectivity index (χ3n) is 2.83. The van der Waals surface area contributed by atoms with Crippen molar-refractivity contribution >= 4 is 29.2 Å². The number of thioether (sulfide) groups is 1. The van der Waals surface area contributed by atoms with Crippen LogP contribution < -0.4 is 10.6 Å². The number of halogens is 1.